The van der Waals surface area contributed by atoms with Crippen LogP contribution < -0.4 is 0 Å². The van der Waals surface area contributed by atoms with E-state index in [1.54, 1.807) is 6.92 Å². The van der Waals surface area contributed by atoms with E-state index in [4.69, 9.17) is 9.47 Å². The monoisotopic (exact) mass is 558 g/mol. The molecule has 3 fully saturated rings. The first-order chi connectivity index (χ1) is 16.1. The third-order valence-corrected chi connectivity index (χ3v) is 9.60. The van der Waals surface area contributed by atoms with Gasteiger partial charge in [-0.25, -0.2) is 8.78 Å². The van der Waals surface area contributed by atoms with Gasteiger partial charge >= 0.3 is 11.9 Å². The van der Waals surface area contributed by atoms with E-state index in [2.05, 4.69) is 15.9 Å². The Morgan fingerprint density at radius 3 is 2.46 bits per heavy atom. The maximum Gasteiger partial charge on any atom is 0.303 e. The Balaban J connectivity index is 1.82. The number of carbonyl (C=O) groups is 4. The molecule has 0 spiro atoms. The van der Waals surface area contributed by atoms with E-state index in [-0.39, 0.29) is 35.7 Å². The number of esters is 2. The fraction of sp³-hybridized carbons (Fsp3) is 0.680. The number of Topliss-reactive ketones (excluding diaryl/α,β-unsaturated/α-hetero) is 1. The first kappa shape index (κ1) is 26.1. The van der Waals surface area contributed by atoms with Crippen LogP contribution in [0.2, 0.25) is 0 Å². The molecule has 0 amide bonds. The average Bonchev–Trinajstić information content (AvgIpc) is 3.03. The molecule has 8 atom stereocenters. The van der Waals surface area contributed by atoms with E-state index in [0.717, 1.165) is 19.9 Å². The van der Waals surface area contributed by atoms with Gasteiger partial charge in [-0.05, 0) is 66.1 Å². The number of allylic oxidation sites excluding steroid dienone is 4. The summed E-state index contributed by atoms with van der Waals surface area (Å²) in [6.07, 6.45) is -1.11. The molecule has 4 aliphatic rings. The van der Waals surface area contributed by atoms with Crippen LogP contribution in [0.25, 0.3) is 0 Å². The van der Waals surface area contributed by atoms with Crippen molar-refractivity contribution < 1.29 is 42.5 Å². The molecule has 4 rings (SSSR count). The van der Waals surface area contributed by atoms with Gasteiger partial charge in [0.25, 0.3) is 0 Å². The Kier molecular flexibility index (Phi) is 6.19. The first-order valence-corrected chi connectivity index (χ1v) is 12.5. The molecule has 0 aromatic carbocycles. The standard InChI is InChI=1S/C25H29BrF2O7/c1-12(29)34-11-21(33)24(35-13(2)30)6-5-14-15-7-18(27)16-8-19(31)17(26)9-23(16,4)25(15,28)20(32)10-22(14,24)3/h8-9,14-15,18,20,32H,5-7,10-11H2,1-4H3/t14-,15-,18-,20-,22-,23-,24-,25-/m0/s1. The fourth-order valence-electron chi connectivity index (χ4n) is 7.46. The summed E-state index contributed by atoms with van der Waals surface area (Å²) in [5.41, 5.74) is -6.95. The molecule has 0 aromatic rings. The smallest absolute Gasteiger partial charge is 0.303 e. The molecule has 0 radical (unpaired) electrons. The molecule has 1 N–H and O–H groups in total. The van der Waals surface area contributed by atoms with Crippen LogP contribution in [-0.4, -0.2) is 58.8 Å². The second kappa shape index (κ2) is 8.30. The minimum atomic E-state index is -2.34. The molecule has 0 heterocycles. The number of carbonyl (C=O) groups excluding carboxylic acids is 4. The van der Waals surface area contributed by atoms with E-state index < -0.39 is 76.3 Å². The second-order valence-electron chi connectivity index (χ2n) is 10.6. The number of halogens is 3. The van der Waals surface area contributed by atoms with Gasteiger partial charge in [-0.15, -0.1) is 0 Å². The topological polar surface area (TPSA) is 107 Å². The number of aliphatic hydroxyl groups excluding tert-OH is 1. The Bertz CT molecular complexity index is 1070. The Labute approximate surface area is 210 Å². The van der Waals surface area contributed by atoms with Gasteiger partial charge in [0.15, 0.2) is 23.7 Å². The van der Waals surface area contributed by atoms with Gasteiger partial charge in [-0.3, -0.25) is 19.2 Å². The van der Waals surface area contributed by atoms with E-state index in [0.29, 0.717) is 0 Å². The van der Waals surface area contributed by atoms with Gasteiger partial charge in [0.1, 0.15) is 6.17 Å². The Hall–Kier alpha value is -1.94. The van der Waals surface area contributed by atoms with Gasteiger partial charge in [-0.1, -0.05) is 13.0 Å². The summed E-state index contributed by atoms with van der Waals surface area (Å²) in [6.45, 7) is 4.79. The van der Waals surface area contributed by atoms with Crippen LogP contribution in [0.15, 0.2) is 22.2 Å². The van der Waals surface area contributed by atoms with Gasteiger partial charge in [0, 0.05) is 30.6 Å². The normalized spacial score (nSPS) is 44.3. The maximum absolute atomic E-state index is 17.3. The minimum absolute atomic E-state index is 0.0118. The van der Waals surface area contributed by atoms with Gasteiger partial charge in [-0.2, -0.15) is 0 Å². The SMILES string of the molecule is CC(=O)OCC(=O)[C@@]1(OC(C)=O)CC[C@H]2[C@@H]3C[C@H](F)C4=CC(=O)C(Br)=C[C@]4(C)[C@@]3(F)[C@@H](O)C[C@@]21C. The molecule has 192 valence electrons. The molecule has 4 aliphatic carbocycles. The zero-order valence-corrected chi connectivity index (χ0v) is 21.6. The highest BCUT2D eigenvalue weighted by Gasteiger charge is 2.76. The summed E-state index contributed by atoms with van der Waals surface area (Å²) in [4.78, 5) is 49.1. The fourth-order valence-corrected chi connectivity index (χ4v) is 8.03. The van der Waals surface area contributed by atoms with Crippen LogP contribution in [-0.2, 0) is 28.7 Å². The number of aliphatic hydroxyl groups is 1. The van der Waals surface area contributed by atoms with Crippen molar-refractivity contribution in [2.75, 3.05) is 6.61 Å². The summed E-state index contributed by atoms with van der Waals surface area (Å²) < 4.78 is 43.5. The molecule has 7 nitrogen and oxygen atoms in total. The van der Waals surface area contributed by atoms with Crippen molar-refractivity contribution >= 4 is 39.4 Å². The zero-order valence-electron chi connectivity index (χ0n) is 20.0. The predicted molar refractivity (Wildman–Crippen MR) is 123 cm³/mol. The van der Waals surface area contributed by atoms with Crippen molar-refractivity contribution in [2.45, 2.75) is 76.9 Å². The summed E-state index contributed by atoms with van der Waals surface area (Å²) in [5, 5.41) is 11.4. The molecule has 0 saturated heterocycles. The molecule has 0 aliphatic heterocycles. The third kappa shape index (κ3) is 3.42. The number of alkyl halides is 2. The van der Waals surface area contributed by atoms with Crippen LogP contribution in [0.5, 0.6) is 0 Å². The number of ether oxygens (including phenoxy) is 2. The lowest BCUT2D eigenvalue weighted by Gasteiger charge is -2.63. The highest BCUT2D eigenvalue weighted by molar-refractivity contribution is 9.12. The van der Waals surface area contributed by atoms with Gasteiger partial charge in [0.2, 0.25) is 5.78 Å². The van der Waals surface area contributed by atoms with E-state index in [1.165, 1.54) is 13.0 Å². The Morgan fingerprint density at radius 2 is 1.86 bits per heavy atom. The summed E-state index contributed by atoms with van der Waals surface area (Å²) in [7, 11) is 0. The number of hydrogen-bond donors (Lipinski definition) is 1. The lowest BCUT2D eigenvalue weighted by atomic mass is 9.44. The number of ketones is 2. The minimum Gasteiger partial charge on any atom is -0.458 e. The van der Waals surface area contributed by atoms with Crippen LogP contribution in [0.1, 0.15) is 53.4 Å². The van der Waals surface area contributed by atoms with E-state index in [9.17, 15) is 24.3 Å². The lowest BCUT2D eigenvalue weighted by molar-refractivity contribution is -0.228. The molecular weight excluding hydrogens is 530 g/mol. The molecule has 3 saturated carbocycles. The summed E-state index contributed by atoms with van der Waals surface area (Å²) >= 11 is 3.14. The predicted octanol–water partition coefficient (Wildman–Crippen LogP) is 3.46. The maximum atomic E-state index is 17.3. The van der Waals surface area contributed by atoms with Crippen molar-refractivity contribution in [3.05, 3.63) is 22.2 Å². The summed E-state index contributed by atoms with van der Waals surface area (Å²) in [6, 6.07) is 0. The van der Waals surface area contributed by atoms with Crippen LogP contribution >= 0.6 is 15.9 Å². The number of fused-ring (bicyclic) bond motifs is 5. The molecule has 0 unspecified atom stereocenters. The summed E-state index contributed by atoms with van der Waals surface area (Å²) in [5.74, 6) is -4.21. The van der Waals surface area contributed by atoms with Crippen LogP contribution in [0, 0.1) is 22.7 Å². The van der Waals surface area contributed by atoms with Crippen molar-refractivity contribution in [1.82, 2.24) is 0 Å². The highest BCUT2D eigenvalue weighted by atomic mass is 79.9. The van der Waals surface area contributed by atoms with E-state index >= 15 is 8.78 Å². The molecule has 35 heavy (non-hydrogen) atoms. The van der Waals surface area contributed by atoms with Crippen molar-refractivity contribution in [2.24, 2.45) is 22.7 Å². The lowest BCUT2D eigenvalue weighted by Crippen LogP contribution is -2.70. The average molecular weight is 559 g/mol. The molecule has 0 bridgehead atoms. The third-order valence-electron chi connectivity index (χ3n) is 8.98. The molecule has 0 aromatic heterocycles. The van der Waals surface area contributed by atoms with Gasteiger partial charge in [0.05, 0.1) is 10.6 Å². The first-order valence-electron chi connectivity index (χ1n) is 11.7. The van der Waals surface area contributed by atoms with E-state index in [1.807, 2.05) is 0 Å². The Morgan fingerprint density at radius 1 is 1.20 bits per heavy atom. The quantitative estimate of drug-likeness (QED) is 0.526. The molecule has 10 heteroatoms. The number of rotatable bonds is 4. The van der Waals surface area contributed by atoms with Crippen molar-refractivity contribution in [3.8, 4) is 0 Å². The highest BCUT2D eigenvalue weighted by Crippen LogP contribution is 2.70. The van der Waals surface area contributed by atoms with Crippen LogP contribution in [0.3, 0.4) is 0 Å². The number of hydrogen-bond acceptors (Lipinski definition) is 7. The van der Waals surface area contributed by atoms with Crippen molar-refractivity contribution in [3.63, 3.8) is 0 Å². The zero-order chi connectivity index (χ0) is 26.1. The van der Waals surface area contributed by atoms with Crippen molar-refractivity contribution in [1.29, 1.82) is 0 Å². The second-order valence-corrected chi connectivity index (χ2v) is 11.5. The van der Waals surface area contributed by atoms with Gasteiger partial charge < -0.3 is 14.6 Å². The largest absolute Gasteiger partial charge is 0.458 e. The van der Waals surface area contributed by atoms with Crippen LogP contribution in [0.4, 0.5) is 8.78 Å². The molecular formula is C25H29BrF2O7.